The second-order valence-electron chi connectivity index (χ2n) is 8.71. The number of carbonyl (C=O) groups is 2. The molecular formula is C24H31N5O3. The Morgan fingerprint density at radius 3 is 2.53 bits per heavy atom. The van der Waals surface area contributed by atoms with Gasteiger partial charge in [0.1, 0.15) is 6.10 Å². The number of primary amides is 1. The van der Waals surface area contributed by atoms with Crippen molar-refractivity contribution in [3.63, 3.8) is 0 Å². The molecule has 0 aliphatic carbocycles. The number of carbonyl (C=O) groups excluding carboxylic acids is 2. The molecule has 170 valence electrons. The van der Waals surface area contributed by atoms with Crippen molar-refractivity contribution in [1.82, 2.24) is 19.8 Å². The number of piperidine rings is 1. The molecule has 2 aliphatic rings. The van der Waals surface area contributed by atoms with E-state index in [9.17, 15) is 9.59 Å². The van der Waals surface area contributed by atoms with Crippen molar-refractivity contribution >= 4 is 11.8 Å². The Labute approximate surface area is 188 Å². The van der Waals surface area contributed by atoms with Gasteiger partial charge >= 0.3 is 0 Å². The smallest absolute Gasteiger partial charge is 0.248 e. The molecule has 1 aromatic carbocycles. The third-order valence-electron chi connectivity index (χ3n) is 6.41. The molecule has 32 heavy (non-hydrogen) atoms. The summed E-state index contributed by atoms with van der Waals surface area (Å²) < 4.78 is 5.99. The number of nitrogens with two attached hydrogens (primary N) is 1. The minimum Gasteiger partial charge on any atom is -0.368 e. The molecule has 1 aromatic heterocycles. The zero-order chi connectivity index (χ0) is 22.5. The Morgan fingerprint density at radius 1 is 1.09 bits per heavy atom. The van der Waals surface area contributed by atoms with Gasteiger partial charge < -0.3 is 20.3 Å². The van der Waals surface area contributed by atoms with E-state index >= 15 is 0 Å². The van der Waals surface area contributed by atoms with Crippen molar-refractivity contribution in [1.29, 1.82) is 0 Å². The molecule has 3 heterocycles. The van der Waals surface area contributed by atoms with Crippen molar-refractivity contribution in [2.75, 3.05) is 39.3 Å². The van der Waals surface area contributed by atoms with Crippen LogP contribution in [0.3, 0.4) is 0 Å². The average Bonchev–Trinajstić information content (AvgIpc) is 2.83. The predicted molar refractivity (Wildman–Crippen MR) is 121 cm³/mol. The minimum atomic E-state index is -0.472. The van der Waals surface area contributed by atoms with Gasteiger partial charge in [0.2, 0.25) is 11.8 Å². The van der Waals surface area contributed by atoms with Crippen LogP contribution in [0.25, 0.3) is 11.3 Å². The maximum atomic E-state index is 12.9. The Hall–Kier alpha value is -2.84. The first-order valence-corrected chi connectivity index (χ1v) is 11.3. The summed E-state index contributed by atoms with van der Waals surface area (Å²) in [4.78, 5) is 37.6. The van der Waals surface area contributed by atoms with Gasteiger partial charge in [-0.15, -0.1) is 0 Å². The van der Waals surface area contributed by atoms with E-state index in [0.717, 1.165) is 31.1 Å². The number of rotatable bonds is 6. The summed E-state index contributed by atoms with van der Waals surface area (Å²) in [6.07, 6.45) is 5.88. The van der Waals surface area contributed by atoms with Gasteiger partial charge in [0.15, 0.2) is 0 Å². The van der Waals surface area contributed by atoms with Crippen LogP contribution in [0.1, 0.15) is 48.3 Å². The van der Waals surface area contributed by atoms with E-state index in [2.05, 4.69) is 21.8 Å². The summed E-state index contributed by atoms with van der Waals surface area (Å²) in [7, 11) is 0. The lowest BCUT2D eigenvalue weighted by Gasteiger charge is -2.34. The summed E-state index contributed by atoms with van der Waals surface area (Å²) in [6.45, 7) is 6.79. The highest BCUT2D eigenvalue weighted by Gasteiger charge is 2.29. The fourth-order valence-corrected chi connectivity index (χ4v) is 4.34. The highest BCUT2D eigenvalue weighted by atomic mass is 16.5. The molecule has 2 fully saturated rings. The number of aromatic nitrogens is 2. The van der Waals surface area contributed by atoms with E-state index < -0.39 is 5.91 Å². The Morgan fingerprint density at radius 2 is 1.81 bits per heavy atom. The molecule has 2 amide bonds. The second-order valence-corrected chi connectivity index (χ2v) is 8.71. The molecule has 2 aliphatic heterocycles. The fraction of sp³-hybridized carbons (Fsp3) is 0.500. The second kappa shape index (κ2) is 10.2. The standard InChI is InChI=1S/C24H31N5O3/c1-17-6-11-28(12-7-17)13-8-21(30)29-14-15-32-20(16-29)23-22(26-9-10-27-23)18-2-4-19(5-3-18)24(25)31/h2-5,9-10,17,20H,6-8,11-16H2,1H3,(H2,25,31)/t20-/m1/s1. The molecule has 0 saturated carbocycles. The normalized spacial score (nSPS) is 20.3. The molecule has 8 heteroatoms. The van der Waals surface area contributed by atoms with Gasteiger partial charge in [-0.05, 0) is 44.0 Å². The van der Waals surface area contributed by atoms with Crippen LogP contribution in [-0.4, -0.2) is 70.9 Å². The molecule has 0 spiro atoms. The van der Waals surface area contributed by atoms with Crippen LogP contribution in [0, 0.1) is 5.92 Å². The third kappa shape index (κ3) is 5.31. The first kappa shape index (κ1) is 22.4. The first-order chi connectivity index (χ1) is 15.5. The fourth-order valence-electron chi connectivity index (χ4n) is 4.34. The van der Waals surface area contributed by atoms with Crippen LogP contribution in [0.5, 0.6) is 0 Å². The number of hydrogen-bond donors (Lipinski definition) is 1. The van der Waals surface area contributed by atoms with Gasteiger partial charge in [-0.3, -0.25) is 19.6 Å². The summed E-state index contributed by atoms with van der Waals surface area (Å²) in [5.74, 6) is 0.475. The zero-order valence-corrected chi connectivity index (χ0v) is 18.6. The number of hydrogen-bond acceptors (Lipinski definition) is 6. The Balaban J connectivity index is 1.42. The van der Waals surface area contributed by atoms with Crippen molar-refractivity contribution in [3.05, 3.63) is 47.9 Å². The zero-order valence-electron chi connectivity index (χ0n) is 18.6. The van der Waals surface area contributed by atoms with E-state index in [1.54, 1.807) is 36.7 Å². The quantitative estimate of drug-likeness (QED) is 0.744. The van der Waals surface area contributed by atoms with Crippen LogP contribution in [-0.2, 0) is 9.53 Å². The summed E-state index contributed by atoms with van der Waals surface area (Å²) >= 11 is 0. The Bertz CT molecular complexity index is 941. The lowest BCUT2D eigenvalue weighted by molar-refractivity contribution is -0.139. The maximum Gasteiger partial charge on any atom is 0.248 e. The third-order valence-corrected chi connectivity index (χ3v) is 6.41. The van der Waals surface area contributed by atoms with E-state index in [4.69, 9.17) is 10.5 Å². The Kier molecular flexibility index (Phi) is 7.12. The molecule has 1 atom stereocenters. The lowest BCUT2D eigenvalue weighted by atomic mass is 9.99. The monoisotopic (exact) mass is 437 g/mol. The topological polar surface area (TPSA) is 102 Å². The molecule has 2 N–H and O–H groups in total. The maximum absolute atomic E-state index is 12.9. The molecule has 4 rings (SSSR count). The van der Waals surface area contributed by atoms with Crippen LogP contribution >= 0.6 is 0 Å². The van der Waals surface area contributed by atoms with Crippen LogP contribution < -0.4 is 5.73 Å². The van der Waals surface area contributed by atoms with Crippen LogP contribution in [0.2, 0.25) is 0 Å². The summed E-state index contributed by atoms with van der Waals surface area (Å²) in [5, 5.41) is 0. The molecule has 8 nitrogen and oxygen atoms in total. The molecule has 2 saturated heterocycles. The van der Waals surface area contributed by atoms with Gasteiger partial charge in [-0.1, -0.05) is 19.1 Å². The number of likely N-dealkylation sites (tertiary alicyclic amines) is 1. The van der Waals surface area contributed by atoms with E-state index in [1.165, 1.54) is 12.8 Å². The van der Waals surface area contributed by atoms with Gasteiger partial charge in [-0.2, -0.15) is 0 Å². The summed E-state index contributed by atoms with van der Waals surface area (Å²) in [5.41, 5.74) is 7.99. The average molecular weight is 438 g/mol. The molecule has 0 radical (unpaired) electrons. The van der Waals surface area contributed by atoms with Crippen molar-refractivity contribution in [3.8, 4) is 11.3 Å². The van der Waals surface area contributed by atoms with Crippen LogP contribution in [0.4, 0.5) is 0 Å². The van der Waals surface area contributed by atoms with Gasteiger partial charge in [0.05, 0.1) is 24.5 Å². The van der Waals surface area contributed by atoms with Gasteiger partial charge in [0.25, 0.3) is 0 Å². The minimum absolute atomic E-state index is 0.160. The van der Waals surface area contributed by atoms with Crippen molar-refractivity contribution < 1.29 is 14.3 Å². The number of amides is 2. The highest BCUT2D eigenvalue weighted by Crippen LogP contribution is 2.29. The number of morpholine rings is 1. The van der Waals surface area contributed by atoms with Gasteiger partial charge in [0, 0.05) is 43.0 Å². The van der Waals surface area contributed by atoms with Gasteiger partial charge in [-0.25, -0.2) is 0 Å². The first-order valence-electron chi connectivity index (χ1n) is 11.3. The number of ether oxygens (including phenoxy) is 1. The van der Waals surface area contributed by atoms with Crippen molar-refractivity contribution in [2.24, 2.45) is 11.7 Å². The molecule has 0 unspecified atom stereocenters. The molecule has 2 aromatic rings. The van der Waals surface area contributed by atoms with Crippen molar-refractivity contribution in [2.45, 2.75) is 32.3 Å². The highest BCUT2D eigenvalue weighted by molar-refractivity contribution is 5.93. The number of nitrogens with zero attached hydrogens (tertiary/aromatic N) is 4. The van der Waals surface area contributed by atoms with E-state index in [0.29, 0.717) is 43.1 Å². The van der Waals surface area contributed by atoms with E-state index in [-0.39, 0.29) is 12.0 Å². The SMILES string of the molecule is CC1CCN(CCC(=O)N2CCO[C@@H](c3nccnc3-c3ccc(C(N)=O)cc3)C2)CC1. The predicted octanol–water partition coefficient (Wildman–Crippen LogP) is 2.26. The van der Waals surface area contributed by atoms with Crippen LogP contribution in [0.15, 0.2) is 36.7 Å². The summed E-state index contributed by atoms with van der Waals surface area (Å²) in [6, 6.07) is 6.96. The lowest BCUT2D eigenvalue weighted by Crippen LogP contribution is -2.44. The number of benzene rings is 1. The molecular weight excluding hydrogens is 406 g/mol. The molecule has 0 bridgehead atoms. The van der Waals surface area contributed by atoms with E-state index in [1.807, 2.05) is 4.90 Å². The largest absolute Gasteiger partial charge is 0.368 e.